The molecule has 1 N–H and O–H groups in total. The molecular weight excluding hydrogens is 520 g/mol. The van der Waals surface area contributed by atoms with Crippen molar-refractivity contribution < 1.29 is 9.53 Å². The summed E-state index contributed by atoms with van der Waals surface area (Å²) in [5.74, 6) is 1.07. The second-order valence-electron chi connectivity index (χ2n) is 12.1. The molecule has 216 valence electrons. The number of nitrogens with one attached hydrogen (secondary N) is 1. The number of carbonyl (C=O) groups is 1. The minimum absolute atomic E-state index is 0.227. The van der Waals surface area contributed by atoms with E-state index >= 15 is 0 Å². The molecule has 1 aromatic heterocycles. The van der Waals surface area contributed by atoms with E-state index in [0.29, 0.717) is 0 Å². The number of hydrogen-bond donors (Lipinski definition) is 1. The number of ether oxygens (including phenoxy) is 1. The highest BCUT2D eigenvalue weighted by atomic mass is 16.6. The molecule has 2 heterocycles. The average molecular weight is 561 g/mol. The van der Waals surface area contributed by atoms with Crippen LogP contribution in [-0.4, -0.2) is 54.7 Å². The Morgan fingerprint density at radius 1 is 0.810 bits per heavy atom. The summed E-state index contributed by atoms with van der Waals surface area (Å²) in [6.45, 7) is 5.09. The lowest BCUT2D eigenvalue weighted by molar-refractivity contribution is 0.0310. The third kappa shape index (κ3) is 5.24. The number of fused-ring (bicyclic) bond motifs is 4. The number of nitrogens with zero attached hydrogens (tertiary/aromatic N) is 3. The molecule has 42 heavy (non-hydrogen) atoms. The van der Waals surface area contributed by atoms with E-state index < -0.39 is 5.60 Å². The van der Waals surface area contributed by atoms with Crippen molar-refractivity contribution in [2.75, 3.05) is 37.6 Å². The van der Waals surface area contributed by atoms with E-state index in [1.54, 1.807) is 0 Å². The minimum Gasteiger partial charge on any atom is -0.433 e. The molecule has 0 radical (unpaired) electrons. The quantitative estimate of drug-likeness (QED) is 0.233. The molecule has 1 aliphatic heterocycles. The maximum Gasteiger partial charge on any atom is 0.408 e. The Morgan fingerprint density at radius 3 is 2.21 bits per heavy atom. The zero-order valence-corrected chi connectivity index (χ0v) is 24.3. The van der Waals surface area contributed by atoms with Crippen LogP contribution in [-0.2, 0) is 10.3 Å². The first-order valence-electron chi connectivity index (χ1n) is 15.7. The molecule has 3 aliphatic rings. The summed E-state index contributed by atoms with van der Waals surface area (Å²) < 4.78 is 6.52. The summed E-state index contributed by atoms with van der Waals surface area (Å²) in [7, 11) is 0. The van der Waals surface area contributed by atoms with Gasteiger partial charge >= 0.3 is 6.09 Å². The van der Waals surface area contributed by atoms with Crippen LogP contribution in [0.4, 0.5) is 10.6 Å². The van der Waals surface area contributed by atoms with Crippen LogP contribution >= 0.6 is 0 Å². The monoisotopic (exact) mass is 560 g/mol. The summed E-state index contributed by atoms with van der Waals surface area (Å²) in [4.78, 5) is 23.2. The molecule has 3 aromatic carbocycles. The van der Waals surface area contributed by atoms with E-state index in [1.165, 1.54) is 29.4 Å². The predicted octanol–water partition coefficient (Wildman–Crippen LogP) is 7.12. The molecule has 0 unspecified atom stereocenters. The zero-order chi connectivity index (χ0) is 28.4. The predicted molar refractivity (Wildman–Crippen MR) is 169 cm³/mol. The Hall–Kier alpha value is -3.90. The number of hydrogen-bond acceptors (Lipinski definition) is 5. The van der Waals surface area contributed by atoms with Crippen molar-refractivity contribution >= 4 is 22.8 Å². The zero-order valence-electron chi connectivity index (χ0n) is 24.3. The molecule has 0 spiro atoms. The number of pyridine rings is 1. The average Bonchev–Trinajstić information content (AvgIpc) is 3.64. The summed E-state index contributed by atoms with van der Waals surface area (Å²) in [6.07, 6.45) is 6.97. The Bertz CT molecular complexity index is 1510. The molecule has 0 bridgehead atoms. The van der Waals surface area contributed by atoms with Crippen molar-refractivity contribution in [1.29, 1.82) is 0 Å². The normalized spacial score (nSPS) is 18.1. The summed E-state index contributed by atoms with van der Waals surface area (Å²) in [5.41, 5.74) is 4.89. The van der Waals surface area contributed by atoms with Crippen molar-refractivity contribution in [3.63, 3.8) is 0 Å². The number of carbonyl (C=O) groups excluding carboxylic acids is 1. The SMILES string of the molecule is O=C(NC1CCCC1)OC1(CCCCN2CCN(c3ccc4ccccc4n3)CC2)c2ccccc2-c2ccccc21. The van der Waals surface area contributed by atoms with Crippen molar-refractivity contribution in [1.82, 2.24) is 15.2 Å². The van der Waals surface area contributed by atoms with Gasteiger partial charge in [0.05, 0.1) is 5.52 Å². The van der Waals surface area contributed by atoms with Gasteiger partial charge in [-0.25, -0.2) is 9.78 Å². The lowest BCUT2D eigenvalue weighted by atomic mass is 9.86. The van der Waals surface area contributed by atoms with Gasteiger partial charge in [0.2, 0.25) is 0 Å². The number of para-hydroxylation sites is 1. The van der Waals surface area contributed by atoms with Crippen LogP contribution in [0.1, 0.15) is 56.1 Å². The van der Waals surface area contributed by atoms with E-state index in [2.05, 4.69) is 100 Å². The van der Waals surface area contributed by atoms with Gasteiger partial charge in [0.25, 0.3) is 0 Å². The number of benzene rings is 3. The molecule has 2 aliphatic carbocycles. The Balaban J connectivity index is 1.01. The highest BCUT2D eigenvalue weighted by Crippen LogP contribution is 2.52. The summed E-state index contributed by atoms with van der Waals surface area (Å²) in [5, 5.41) is 4.37. The van der Waals surface area contributed by atoms with Gasteiger partial charge in [-0.05, 0) is 68.0 Å². The van der Waals surface area contributed by atoms with Gasteiger partial charge in [-0.15, -0.1) is 0 Å². The number of rotatable bonds is 8. The lowest BCUT2D eigenvalue weighted by Gasteiger charge is -2.36. The van der Waals surface area contributed by atoms with Gasteiger partial charge in [0, 0.05) is 48.7 Å². The van der Waals surface area contributed by atoms with Gasteiger partial charge in [0.15, 0.2) is 5.60 Å². The Kier molecular flexibility index (Phi) is 7.55. The van der Waals surface area contributed by atoms with E-state index in [9.17, 15) is 4.79 Å². The molecule has 7 rings (SSSR count). The second-order valence-corrected chi connectivity index (χ2v) is 12.1. The molecular formula is C36H40N4O2. The highest BCUT2D eigenvalue weighted by molar-refractivity contribution is 5.82. The minimum atomic E-state index is -0.754. The molecule has 1 saturated carbocycles. The third-order valence-corrected chi connectivity index (χ3v) is 9.49. The molecule has 6 heteroatoms. The van der Waals surface area contributed by atoms with Crippen LogP contribution in [0.5, 0.6) is 0 Å². The standard InChI is InChI=1S/C36H40N4O2/c41-35(37-28-12-2-3-13-28)42-36(31-16-6-4-14-29(31)30-15-5-7-17-32(30)36)21-9-10-22-39-23-25-40(26-24-39)34-20-19-27-11-1-8-18-33(27)38-34/h1,4-8,11,14-20,28H,2-3,9-10,12-13,21-26H2,(H,37,41). The fraction of sp³-hybridized carbons (Fsp3) is 0.389. The molecule has 2 fully saturated rings. The molecule has 6 nitrogen and oxygen atoms in total. The first-order valence-corrected chi connectivity index (χ1v) is 15.7. The van der Waals surface area contributed by atoms with Crippen molar-refractivity contribution in [2.45, 2.75) is 56.6 Å². The van der Waals surface area contributed by atoms with E-state index in [-0.39, 0.29) is 12.1 Å². The fourth-order valence-corrected chi connectivity index (χ4v) is 7.28. The largest absolute Gasteiger partial charge is 0.433 e. The first-order chi connectivity index (χ1) is 20.7. The van der Waals surface area contributed by atoms with Crippen molar-refractivity contribution in [3.8, 4) is 11.1 Å². The van der Waals surface area contributed by atoms with E-state index in [1.807, 2.05) is 0 Å². The lowest BCUT2D eigenvalue weighted by Crippen LogP contribution is -2.47. The number of unbranched alkanes of at least 4 members (excludes halogenated alkanes) is 1. The highest BCUT2D eigenvalue weighted by Gasteiger charge is 2.46. The topological polar surface area (TPSA) is 57.7 Å². The Morgan fingerprint density at radius 2 is 1.48 bits per heavy atom. The second kappa shape index (κ2) is 11.8. The van der Waals surface area contributed by atoms with Crippen molar-refractivity contribution in [2.24, 2.45) is 0 Å². The summed E-state index contributed by atoms with van der Waals surface area (Å²) in [6, 6.07) is 29.8. The number of anilines is 1. The van der Waals surface area contributed by atoms with Crippen LogP contribution in [0.25, 0.3) is 22.0 Å². The van der Waals surface area contributed by atoms with Crippen molar-refractivity contribution in [3.05, 3.63) is 96.1 Å². The van der Waals surface area contributed by atoms with Crippen LogP contribution in [0.15, 0.2) is 84.9 Å². The van der Waals surface area contributed by atoms with Gasteiger partial charge in [-0.3, -0.25) is 4.90 Å². The number of piperazine rings is 1. The number of alkyl carbamates (subject to hydrolysis) is 1. The maximum atomic E-state index is 13.3. The van der Waals surface area contributed by atoms with Crippen LogP contribution < -0.4 is 10.2 Å². The third-order valence-electron chi connectivity index (χ3n) is 9.49. The molecule has 1 saturated heterocycles. The number of aromatic nitrogens is 1. The van der Waals surface area contributed by atoms with Gasteiger partial charge < -0.3 is 15.0 Å². The smallest absolute Gasteiger partial charge is 0.408 e. The molecule has 4 aromatic rings. The van der Waals surface area contributed by atoms with Gasteiger partial charge in [-0.1, -0.05) is 79.6 Å². The first kappa shape index (κ1) is 27.0. The van der Waals surface area contributed by atoms with Crippen LogP contribution in [0.3, 0.4) is 0 Å². The number of amides is 1. The fourth-order valence-electron chi connectivity index (χ4n) is 7.28. The van der Waals surface area contributed by atoms with Gasteiger partial charge in [-0.2, -0.15) is 0 Å². The van der Waals surface area contributed by atoms with Gasteiger partial charge in [0.1, 0.15) is 5.82 Å². The maximum absolute atomic E-state index is 13.3. The van der Waals surface area contributed by atoms with E-state index in [0.717, 1.165) is 87.3 Å². The molecule has 1 amide bonds. The Labute approximate surface area is 248 Å². The van der Waals surface area contributed by atoms with Crippen LogP contribution in [0, 0.1) is 0 Å². The molecule has 0 atom stereocenters. The van der Waals surface area contributed by atoms with E-state index in [4.69, 9.17) is 9.72 Å². The van der Waals surface area contributed by atoms with Crippen LogP contribution in [0.2, 0.25) is 0 Å². The summed E-state index contributed by atoms with van der Waals surface area (Å²) >= 11 is 0.